The van der Waals surface area contributed by atoms with Crippen LogP contribution in [0.2, 0.25) is 10.0 Å². The summed E-state index contributed by atoms with van der Waals surface area (Å²) in [5.74, 6) is -1.27. The van der Waals surface area contributed by atoms with Crippen molar-refractivity contribution in [3.05, 3.63) is 112 Å². The topological polar surface area (TPSA) is 84.2 Å². The zero-order valence-electron chi connectivity index (χ0n) is 22.0. The van der Waals surface area contributed by atoms with Gasteiger partial charge in [-0.25, -0.2) is 0 Å². The maximum absolute atomic E-state index is 12.4. The first kappa shape index (κ1) is 27.4. The highest BCUT2D eigenvalue weighted by molar-refractivity contribution is 6.35. The highest BCUT2D eigenvalue weighted by Gasteiger charge is 2.23. The van der Waals surface area contributed by atoms with Gasteiger partial charge in [0, 0.05) is 38.8 Å². The van der Waals surface area contributed by atoms with Crippen molar-refractivity contribution in [1.29, 1.82) is 0 Å². The summed E-state index contributed by atoms with van der Waals surface area (Å²) in [7, 11) is 0. The van der Waals surface area contributed by atoms with E-state index in [-0.39, 0.29) is 24.9 Å². The van der Waals surface area contributed by atoms with Crippen LogP contribution in [0.15, 0.2) is 84.9 Å². The zero-order chi connectivity index (χ0) is 28.4. The number of nitrogens with one attached hydrogen (secondary N) is 1. The van der Waals surface area contributed by atoms with Crippen LogP contribution in [0.25, 0.3) is 33.3 Å². The fourth-order valence-electron chi connectivity index (χ4n) is 4.89. The molecule has 0 saturated carbocycles. The number of aliphatic carboxylic acids is 1. The van der Waals surface area contributed by atoms with Crippen molar-refractivity contribution in [3.63, 3.8) is 0 Å². The Morgan fingerprint density at radius 1 is 0.900 bits per heavy atom. The van der Waals surface area contributed by atoms with Crippen molar-refractivity contribution >= 4 is 45.9 Å². The Balaban J connectivity index is 1.56. The average Bonchev–Trinajstić information content (AvgIpc) is 3.28. The summed E-state index contributed by atoms with van der Waals surface area (Å²) >= 11 is 12.7. The number of carbonyl (C=O) groups excluding carboxylic acids is 1. The summed E-state index contributed by atoms with van der Waals surface area (Å²) < 4.78 is 2.01. The Kier molecular flexibility index (Phi) is 7.92. The van der Waals surface area contributed by atoms with Gasteiger partial charge in [-0.3, -0.25) is 14.3 Å². The molecule has 8 heteroatoms. The standard InChI is InChI=1S/C32H27Cl2N3O3/c1-19-30(26-16-27(33)18-28(34)17-26)36-37(31(19)25-12-9-22-5-3-4-6-24(22)15-25)20(2)21-7-10-23(11-8-21)32(40)35-14-13-29(38)39/h3-12,15-18,20H,13-14H2,1-2H3,(H,35,40)(H,38,39). The minimum Gasteiger partial charge on any atom is -0.481 e. The molecule has 0 saturated heterocycles. The number of hydrogen-bond acceptors (Lipinski definition) is 3. The van der Waals surface area contributed by atoms with Gasteiger partial charge in [0.05, 0.1) is 23.9 Å². The maximum atomic E-state index is 12.4. The monoisotopic (exact) mass is 571 g/mol. The average molecular weight is 572 g/mol. The van der Waals surface area contributed by atoms with Crippen LogP contribution in [0.1, 0.15) is 40.9 Å². The molecule has 0 aliphatic rings. The number of rotatable bonds is 8. The summed E-state index contributed by atoms with van der Waals surface area (Å²) in [6.45, 7) is 4.19. The quantitative estimate of drug-likeness (QED) is 0.199. The number of fused-ring (bicyclic) bond motifs is 1. The SMILES string of the molecule is Cc1c(-c2cc(Cl)cc(Cl)c2)nn(C(C)c2ccc(C(=O)NCCC(=O)O)cc2)c1-c1ccc2ccccc2c1. The van der Waals surface area contributed by atoms with Crippen molar-refractivity contribution in [2.24, 2.45) is 0 Å². The van der Waals surface area contributed by atoms with Crippen LogP contribution >= 0.6 is 23.2 Å². The Morgan fingerprint density at radius 3 is 2.25 bits per heavy atom. The van der Waals surface area contributed by atoms with Crippen molar-refractivity contribution in [3.8, 4) is 22.5 Å². The molecule has 4 aromatic carbocycles. The van der Waals surface area contributed by atoms with Crippen LogP contribution < -0.4 is 5.32 Å². The van der Waals surface area contributed by atoms with Crippen LogP contribution in [0.3, 0.4) is 0 Å². The highest BCUT2D eigenvalue weighted by atomic mass is 35.5. The van der Waals surface area contributed by atoms with Gasteiger partial charge in [0.2, 0.25) is 0 Å². The molecule has 0 fully saturated rings. The van der Waals surface area contributed by atoms with Crippen LogP contribution in [-0.4, -0.2) is 33.3 Å². The lowest BCUT2D eigenvalue weighted by molar-refractivity contribution is -0.136. The number of halogens is 2. The summed E-state index contributed by atoms with van der Waals surface area (Å²) in [5, 5.41) is 19.9. The van der Waals surface area contributed by atoms with E-state index in [0.717, 1.165) is 44.4 Å². The summed E-state index contributed by atoms with van der Waals surface area (Å²) in [4.78, 5) is 23.2. The van der Waals surface area contributed by atoms with Gasteiger partial charge in [-0.15, -0.1) is 0 Å². The van der Waals surface area contributed by atoms with Crippen LogP contribution in [0.4, 0.5) is 0 Å². The molecule has 1 unspecified atom stereocenters. The molecule has 5 rings (SSSR count). The lowest BCUT2D eigenvalue weighted by Gasteiger charge is -2.18. The fraction of sp³-hybridized carbons (Fsp3) is 0.156. The van der Waals surface area contributed by atoms with E-state index in [4.69, 9.17) is 33.4 Å². The third-order valence-electron chi connectivity index (χ3n) is 6.95. The second-order valence-electron chi connectivity index (χ2n) is 9.68. The molecule has 5 aromatic rings. The van der Waals surface area contributed by atoms with E-state index < -0.39 is 5.97 Å². The van der Waals surface area contributed by atoms with Gasteiger partial charge in [0.25, 0.3) is 5.91 Å². The van der Waals surface area contributed by atoms with Crippen LogP contribution in [0.5, 0.6) is 0 Å². The van der Waals surface area contributed by atoms with E-state index in [1.807, 2.05) is 41.1 Å². The zero-order valence-corrected chi connectivity index (χ0v) is 23.5. The predicted octanol–water partition coefficient (Wildman–Crippen LogP) is 7.80. The minimum atomic E-state index is -0.958. The second kappa shape index (κ2) is 11.5. The Hall–Kier alpha value is -4.13. The van der Waals surface area contributed by atoms with Gasteiger partial charge in [-0.05, 0) is 66.6 Å². The molecule has 0 bridgehead atoms. The number of aromatic nitrogens is 2. The Morgan fingerprint density at radius 2 is 1.57 bits per heavy atom. The van der Waals surface area contributed by atoms with Crippen molar-refractivity contribution in [2.45, 2.75) is 26.3 Å². The molecule has 1 atom stereocenters. The Bertz CT molecular complexity index is 1710. The van der Waals surface area contributed by atoms with Gasteiger partial charge in [0.1, 0.15) is 0 Å². The van der Waals surface area contributed by atoms with E-state index in [2.05, 4.69) is 49.5 Å². The number of nitrogens with zero attached hydrogens (tertiary/aromatic N) is 2. The van der Waals surface area contributed by atoms with Gasteiger partial charge < -0.3 is 10.4 Å². The number of hydrogen-bond donors (Lipinski definition) is 2. The fourth-order valence-corrected chi connectivity index (χ4v) is 5.41. The first-order chi connectivity index (χ1) is 19.2. The van der Waals surface area contributed by atoms with Gasteiger partial charge >= 0.3 is 5.97 Å². The smallest absolute Gasteiger partial charge is 0.305 e. The Labute approximate surface area is 242 Å². The minimum absolute atomic E-state index is 0.0737. The molecule has 1 amide bonds. The third kappa shape index (κ3) is 5.74. The molecular weight excluding hydrogens is 545 g/mol. The molecular formula is C32H27Cl2N3O3. The normalized spacial score (nSPS) is 11.9. The van der Waals surface area contributed by atoms with Gasteiger partial charge in [0.15, 0.2) is 0 Å². The van der Waals surface area contributed by atoms with E-state index >= 15 is 0 Å². The molecule has 2 N–H and O–H groups in total. The van der Waals surface area contributed by atoms with E-state index in [9.17, 15) is 9.59 Å². The van der Waals surface area contributed by atoms with Crippen LogP contribution in [-0.2, 0) is 4.79 Å². The van der Waals surface area contributed by atoms with Gasteiger partial charge in [-0.1, -0.05) is 71.7 Å². The first-order valence-electron chi connectivity index (χ1n) is 12.9. The van der Waals surface area contributed by atoms with Crippen molar-refractivity contribution in [1.82, 2.24) is 15.1 Å². The number of amides is 1. The molecule has 1 heterocycles. The van der Waals surface area contributed by atoms with Gasteiger partial charge in [-0.2, -0.15) is 5.10 Å². The molecule has 6 nitrogen and oxygen atoms in total. The van der Waals surface area contributed by atoms with Crippen molar-refractivity contribution < 1.29 is 14.7 Å². The lowest BCUT2D eigenvalue weighted by atomic mass is 9.99. The van der Waals surface area contributed by atoms with E-state index in [0.29, 0.717) is 15.6 Å². The second-order valence-corrected chi connectivity index (χ2v) is 10.6. The molecule has 0 aliphatic carbocycles. The molecule has 0 aliphatic heterocycles. The lowest BCUT2D eigenvalue weighted by Crippen LogP contribution is -2.26. The predicted molar refractivity (Wildman–Crippen MR) is 160 cm³/mol. The number of benzene rings is 4. The number of carboxylic acid groups (broad SMARTS) is 1. The number of carboxylic acids is 1. The first-order valence-corrected chi connectivity index (χ1v) is 13.6. The highest BCUT2D eigenvalue weighted by Crippen LogP contribution is 2.37. The van der Waals surface area contributed by atoms with E-state index in [1.165, 1.54) is 0 Å². The maximum Gasteiger partial charge on any atom is 0.305 e. The number of carbonyl (C=O) groups is 2. The molecule has 40 heavy (non-hydrogen) atoms. The van der Waals surface area contributed by atoms with Crippen LogP contribution in [0, 0.1) is 6.92 Å². The molecule has 202 valence electrons. The summed E-state index contributed by atoms with van der Waals surface area (Å²) in [6, 6.07) is 27.1. The molecule has 0 spiro atoms. The van der Waals surface area contributed by atoms with E-state index in [1.54, 1.807) is 18.2 Å². The largest absolute Gasteiger partial charge is 0.481 e. The summed E-state index contributed by atoms with van der Waals surface area (Å²) in [5.41, 5.74) is 6.04. The summed E-state index contributed by atoms with van der Waals surface area (Å²) in [6.07, 6.45) is -0.128. The molecule has 1 aromatic heterocycles. The van der Waals surface area contributed by atoms with Crippen molar-refractivity contribution in [2.75, 3.05) is 6.54 Å². The molecule has 0 radical (unpaired) electrons. The third-order valence-corrected chi connectivity index (χ3v) is 7.39.